The second-order valence-corrected chi connectivity index (χ2v) is 4.65. The number of benzene rings is 2. The van der Waals surface area contributed by atoms with Crippen LogP contribution in [-0.4, -0.2) is 18.0 Å². The van der Waals surface area contributed by atoms with Crippen molar-refractivity contribution < 1.29 is 19.2 Å². The highest BCUT2D eigenvalue weighted by Gasteiger charge is 2.04. The van der Waals surface area contributed by atoms with E-state index in [0.717, 1.165) is 11.8 Å². The Bertz CT molecular complexity index is 722. The van der Waals surface area contributed by atoms with E-state index >= 15 is 0 Å². The molecule has 0 radical (unpaired) electrons. The van der Waals surface area contributed by atoms with Gasteiger partial charge in [0.05, 0.1) is 17.6 Å². The molecule has 0 fully saturated rings. The van der Waals surface area contributed by atoms with Gasteiger partial charge in [0, 0.05) is 6.08 Å². The lowest BCUT2D eigenvalue weighted by molar-refractivity contribution is -0.400. The fourth-order valence-electron chi connectivity index (χ4n) is 1.88. The number of esters is 1. The highest BCUT2D eigenvalue weighted by Crippen LogP contribution is 2.16. The Labute approximate surface area is 133 Å². The molecule has 0 aromatic heterocycles. The number of hydrogen-bond donors (Lipinski definition) is 0. The molecule has 2 rings (SSSR count). The van der Waals surface area contributed by atoms with E-state index in [4.69, 9.17) is 4.74 Å². The molecule has 0 aliphatic carbocycles. The Morgan fingerprint density at radius 3 is 2.61 bits per heavy atom. The van der Waals surface area contributed by atoms with Crippen molar-refractivity contribution in [3.8, 4) is 5.75 Å². The van der Waals surface area contributed by atoms with Gasteiger partial charge in [0.1, 0.15) is 12.4 Å². The summed E-state index contributed by atoms with van der Waals surface area (Å²) in [5.74, 6) is 0.218. The van der Waals surface area contributed by atoms with Crippen LogP contribution >= 0.6 is 0 Å². The SMILES string of the molecule is COC(=O)c1ccc(COc2cccc(C=C[N+](=O)[O-])c2)cc1. The zero-order valence-corrected chi connectivity index (χ0v) is 12.5. The van der Waals surface area contributed by atoms with Crippen molar-refractivity contribution in [3.05, 3.63) is 81.5 Å². The van der Waals surface area contributed by atoms with E-state index in [2.05, 4.69) is 4.74 Å². The van der Waals surface area contributed by atoms with E-state index in [1.54, 1.807) is 48.5 Å². The molecular formula is C17H15NO5. The summed E-state index contributed by atoms with van der Waals surface area (Å²) in [6.45, 7) is 0.323. The van der Waals surface area contributed by atoms with Gasteiger partial charge in [0.15, 0.2) is 0 Å². The van der Waals surface area contributed by atoms with Gasteiger partial charge in [-0.1, -0.05) is 24.3 Å². The average Bonchev–Trinajstić information content (AvgIpc) is 2.58. The molecule has 0 bridgehead atoms. The average molecular weight is 313 g/mol. The highest BCUT2D eigenvalue weighted by atomic mass is 16.6. The summed E-state index contributed by atoms with van der Waals surface area (Å²) in [4.78, 5) is 21.1. The van der Waals surface area contributed by atoms with Crippen LogP contribution < -0.4 is 4.74 Å². The predicted octanol–water partition coefficient (Wildman–Crippen LogP) is 3.30. The Morgan fingerprint density at radius 2 is 1.96 bits per heavy atom. The maximum absolute atomic E-state index is 11.3. The first kappa shape index (κ1) is 16.2. The zero-order valence-electron chi connectivity index (χ0n) is 12.5. The second kappa shape index (κ2) is 7.74. The van der Waals surface area contributed by atoms with Crippen molar-refractivity contribution in [3.63, 3.8) is 0 Å². The van der Waals surface area contributed by atoms with Crippen LogP contribution in [0.3, 0.4) is 0 Å². The molecule has 0 saturated carbocycles. The number of hydrogen-bond acceptors (Lipinski definition) is 5. The third-order valence-electron chi connectivity index (χ3n) is 3.03. The normalized spacial score (nSPS) is 10.5. The standard InChI is InChI=1S/C17H15NO5/c1-22-17(19)15-7-5-14(6-8-15)12-23-16-4-2-3-13(11-16)9-10-18(20)21/h2-11H,12H2,1H3. The Morgan fingerprint density at radius 1 is 1.22 bits per heavy atom. The van der Waals surface area contributed by atoms with Gasteiger partial charge >= 0.3 is 5.97 Å². The van der Waals surface area contributed by atoms with E-state index in [0.29, 0.717) is 23.5 Å². The topological polar surface area (TPSA) is 78.7 Å². The van der Waals surface area contributed by atoms with E-state index < -0.39 is 4.92 Å². The molecule has 0 amide bonds. The summed E-state index contributed by atoms with van der Waals surface area (Å²) in [5, 5.41) is 10.3. The predicted molar refractivity (Wildman–Crippen MR) is 84.6 cm³/mol. The Kier molecular flexibility index (Phi) is 5.46. The summed E-state index contributed by atoms with van der Waals surface area (Å²) in [7, 11) is 1.33. The number of methoxy groups -OCH3 is 1. The summed E-state index contributed by atoms with van der Waals surface area (Å²) in [6, 6.07) is 13.9. The minimum atomic E-state index is -0.517. The quantitative estimate of drug-likeness (QED) is 0.464. The largest absolute Gasteiger partial charge is 0.489 e. The molecule has 0 N–H and O–H groups in total. The summed E-state index contributed by atoms with van der Waals surface area (Å²) in [5.41, 5.74) is 2.05. The van der Waals surface area contributed by atoms with Crippen LogP contribution in [0.1, 0.15) is 21.5 Å². The Hall–Kier alpha value is -3.15. The summed E-state index contributed by atoms with van der Waals surface area (Å²) >= 11 is 0. The monoisotopic (exact) mass is 313 g/mol. The van der Waals surface area contributed by atoms with E-state index in [-0.39, 0.29) is 5.97 Å². The van der Waals surface area contributed by atoms with Gasteiger partial charge in [-0.25, -0.2) is 4.79 Å². The number of rotatable bonds is 6. The smallest absolute Gasteiger partial charge is 0.337 e. The maximum Gasteiger partial charge on any atom is 0.337 e. The van der Waals surface area contributed by atoms with Gasteiger partial charge in [0.2, 0.25) is 6.20 Å². The molecular weight excluding hydrogens is 298 g/mol. The van der Waals surface area contributed by atoms with Crippen LogP contribution in [-0.2, 0) is 11.3 Å². The van der Waals surface area contributed by atoms with Gasteiger partial charge in [-0.3, -0.25) is 10.1 Å². The number of nitro groups is 1. The molecule has 0 atom stereocenters. The maximum atomic E-state index is 11.3. The molecule has 2 aromatic carbocycles. The molecule has 0 aliphatic heterocycles. The van der Waals surface area contributed by atoms with Crippen LogP contribution in [0, 0.1) is 10.1 Å². The van der Waals surface area contributed by atoms with E-state index in [1.165, 1.54) is 13.2 Å². The van der Waals surface area contributed by atoms with Crippen LogP contribution in [0.15, 0.2) is 54.7 Å². The molecule has 6 heteroatoms. The Balaban J connectivity index is 1.99. The fraction of sp³-hybridized carbons (Fsp3) is 0.118. The zero-order chi connectivity index (χ0) is 16.7. The van der Waals surface area contributed by atoms with Crippen molar-refractivity contribution in [2.75, 3.05) is 7.11 Å². The molecule has 0 unspecified atom stereocenters. The van der Waals surface area contributed by atoms with Crippen LogP contribution in [0.4, 0.5) is 0 Å². The minimum absolute atomic E-state index is 0.323. The molecule has 0 aliphatic rings. The minimum Gasteiger partial charge on any atom is -0.489 e. The van der Waals surface area contributed by atoms with Crippen molar-refractivity contribution in [1.29, 1.82) is 0 Å². The van der Waals surface area contributed by atoms with Crippen LogP contribution in [0.5, 0.6) is 5.75 Å². The van der Waals surface area contributed by atoms with Crippen molar-refractivity contribution in [2.45, 2.75) is 6.61 Å². The lowest BCUT2D eigenvalue weighted by Gasteiger charge is -2.07. The molecule has 23 heavy (non-hydrogen) atoms. The number of nitrogens with zero attached hydrogens (tertiary/aromatic N) is 1. The van der Waals surface area contributed by atoms with Crippen LogP contribution in [0.2, 0.25) is 0 Å². The molecule has 0 heterocycles. The highest BCUT2D eigenvalue weighted by molar-refractivity contribution is 5.89. The number of carbonyl (C=O) groups excluding carboxylic acids is 1. The van der Waals surface area contributed by atoms with Gasteiger partial charge < -0.3 is 9.47 Å². The van der Waals surface area contributed by atoms with Gasteiger partial charge in [0.25, 0.3) is 0 Å². The molecule has 6 nitrogen and oxygen atoms in total. The van der Waals surface area contributed by atoms with Gasteiger partial charge in [-0.05, 0) is 35.4 Å². The third kappa shape index (κ3) is 4.96. The number of carbonyl (C=O) groups is 1. The van der Waals surface area contributed by atoms with Crippen molar-refractivity contribution in [1.82, 2.24) is 0 Å². The summed E-state index contributed by atoms with van der Waals surface area (Å²) < 4.78 is 10.3. The summed E-state index contributed by atoms with van der Waals surface area (Å²) in [6.07, 6.45) is 2.28. The molecule has 118 valence electrons. The van der Waals surface area contributed by atoms with Gasteiger partial charge in [-0.2, -0.15) is 0 Å². The lowest BCUT2D eigenvalue weighted by Crippen LogP contribution is -2.02. The third-order valence-corrected chi connectivity index (χ3v) is 3.03. The molecule has 0 spiro atoms. The van der Waals surface area contributed by atoms with Crippen molar-refractivity contribution in [2.24, 2.45) is 0 Å². The van der Waals surface area contributed by atoms with Crippen molar-refractivity contribution >= 4 is 12.0 Å². The van der Waals surface area contributed by atoms with E-state index in [1.807, 2.05) is 0 Å². The fourth-order valence-corrected chi connectivity index (χ4v) is 1.88. The lowest BCUT2D eigenvalue weighted by atomic mass is 10.1. The van der Waals surface area contributed by atoms with Gasteiger partial charge in [-0.15, -0.1) is 0 Å². The first-order valence-electron chi connectivity index (χ1n) is 6.80. The van der Waals surface area contributed by atoms with Crippen LogP contribution in [0.25, 0.3) is 6.08 Å². The second-order valence-electron chi connectivity index (χ2n) is 4.65. The number of ether oxygens (including phenoxy) is 2. The first-order chi connectivity index (χ1) is 11.1. The molecule has 0 saturated heterocycles. The molecule has 2 aromatic rings. The first-order valence-corrected chi connectivity index (χ1v) is 6.80. The van der Waals surface area contributed by atoms with E-state index in [9.17, 15) is 14.9 Å².